The molecule has 2 N–H and O–H groups in total. The van der Waals surface area contributed by atoms with Gasteiger partial charge in [0.05, 0.1) is 18.5 Å². The molecular weight excluding hydrogens is 418 g/mol. The third-order valence-electron chi connectivity index (χ3n) is 5.34. The molecule has 4 rings (SSSR count). The van der Waals surface area contributed by atoms with Crippen molar-refractivity contribution in [3.8, 4) is 22.1 Å². The number of aryl methyl sites for hydroxylation is 1. The van der Waals surface area contributed by atoms with Crippen LogP contribution in [0.2, 0.25) is 0 Å². The van der Waals surface area contributed by atoms with Crippen molar-refractivity contribution < 1.29 is 18.8 Å². The molecule has 2 aromatic heterocycles. The Balaban J connectivity index is 1.37. The summed E-state index contributed by atoms with van der Waals surface area (Å²) in [6, 6.07) is 7.67. The molecule has 0 bridgehead atoms. The molecule has 1 aliphatic rings. The van der Waals surface area contributed by atoms with E-state index in [1.165, 1.54) is 11.5 Å². The standard InChI is InChI=1S/C21H25N5O4S/c1-13-9-18(30-24-13)21-20(23-25-31-21)15-5-7-26(8-6-15)11-14-3-4-16(17(10-14)28-2)29-12-19(22)27/h3-4,9-10,15H,5-8,11-12H2,1-2H3,(H2,22,27). The average molecular weight is 444 g/mol. The predicted octanol–water partition coefficient (Wildman–Crippen LogP) is 2.75. The fourth-order valence-electron chi connectivity index (χ4n) is 3.81. The van der Waals surface area contributed by atoms with Crippen molar-refractivity contribution in [3.63, 3.8) is 0 Å². The summed E-state index contributed by atoms with van der Waals surface area (Å²) < 4.78 is 20.4. The van der Waals surface area contributed by atoms with Crippen molar-refractivity contribution in [1.29, 1.82) is 0 Å². The fraction of sp³-hybridized carbons (Fsp3) is 0.429. The van der Waals surface area contributed by atoms with E-state index in [4.69, 9.17) is 19.7 Å². The van der Waals surface area contributed by atoms with Crippen molar-refractivity contribution in [1.82, 2.24) is 19.6 Å². The molecular formula is C21H25N5O4S. The molecule has 0 radical (unpaired) electrons. The normalized spacial score (nSPS) is 15.2. The van der Waals surface area contributed by atoms with Crippen LogP contribution in [0.3, 0.4) is 0 Å². The zero-order valence-corrected chi connectivity index (χ0v) is 18.4. The Morgan fingerprint density at radius 3 is 2.77 bits per heavy atom. The lowest BCUT2D eigenvalue weighted by Crippen LogP contribution is -2.32. The Kier molecular flexibility index (Phi) is 6.47. The summed E-state index contributed by atoms with van der Waals surface area (Å²) in [6.45, 7) is 4.45. The molecule has 0 aliphatic carbocycles. The van der Waals surface area contributed by atoms with E-state index in [2.05, 4.69) is 19.6 Å². The maximum atomic E-state index is 10.9. The molecule has 3 aromatic rings. The van der Waals surface area contributed by atoms with Gasteiger partial charge in [0.2, 0.25) is 0 Å². The molecule has 1 aromatic carbocycles. The maximum absolute atomic E-state index is 10.9. The molecule has 10 heteroatoms. The van der Waals surface area contributed by atoms with Crippen LogP contribution in [0, 0.1) is 6.92 Å². The first-order valence-corrected chi connectivity index (χ1v) is 10.9. The van der Waals surface area contributed by atoms with Crippen molar-refractivity contribution in [2.24, 2.45) is 5.73 Å². The van der Waals surface area contributed by atoms with Crippen molar-refractivity contribution >= 4 is 17.4 Å². The highest BCUT2D eigenvalue weighted by Gasteiger charge is 2.27. The van der Waals surface area contributed by atoms with Gasteiger partial charge >= 0.3 is 0 Å². The second kappa shape index (κ2) is 9.44. The number of methoxy groups -OCH3 is 1. The molecule has 0 atom stereocenters. The number of amides is 1. The number of hydrogen-bond acceptors (Lipinski definition) is 9. The van der Waals surface area contributed by atoms with E-state index in [0.717, 1.165) is 60.1 Å². The zero-order valence-electron chi connectivity index (χ0n) is 17.5. The number of carbonyl (C=O) groups is 1. The number of ether oxygens (including phenoxy) is 2. The van der Waals surface area contributed by atoms with Gasteiger partial charge in [0, 0.05) is 18.5 Å². The highest BCUT2D eigenvalue weighted by atomic mass is 32.1. The van der Waals surface area contributed by atoms with Crippen LogP contribution in [0.25, 0.3) is 10.6 Å². The van der Waals surface area contributed by atoms with Crippen LogP contribution in [0.4, 0.5) is 0 Å². The average Bonchev–Trinajstić information content (AvgIpc) is 3.42. The number of nitrogens with zero attached hydrogens (tertiary/aromatic N) is 4. The summed E-state index contributed by atoms with van der Waals surface area (Å²) in [5, 5.41) is 8.38. The second-order valence-corrected chi connectivity index (χ2v) is 8.36. The molecule has 1 aliphatic heterocycles. The minimum absolute atomic E-state index is 0.176. The first kappa shape index (κ1) is 21.3. The van der Waals surface area contributed by atoms with Gasteiger partial charge in [-0.2, -0.15) is 0 Å². The smallest absolute Gasteiger partial charge is 0.255 e. The van der Waals surface area contributed by atoms with Crippen LogP contribution in [0.5, 0.6) is 11.5 Å². The van der Waals surface area contributed by atoms with Crippen LogP contribution in [-0.2, 0) is 11.3 Å². The van der Waals surface area contributed by atoms with Crippen LogP contribution in [0.15, 0.2) is 28.8 Å². The minimum atomic E-state index is -0.522. The Bertz CT molecular complexity index is 1040. The van der Waals surface area contributed by atoms with Gasteiger partial charge in [-0.05, 0) is 62.1 Å². The van der Waals surface area contributed by atoms with Crippen LogP contribution < -0.4 is 15.2 Å². The van der Waals surface area contributed by atoms with Gasteiger partial charge in [0.25, 0.3) is 5.91 Å². The molecule has 0 spiro atoms. The topological polar surface area (TPSA) is 117 Å². The van der Waals surface area contributed by atoms with Gasteiger partial charge in [-0.1, -0.05) is 15.7 Å². The van der Waals surface area contributed by atoms with Gasteiger partial charge < -0.3 is 19.7 Å². The van der Waals surface area contributed by atoms with Crippen molar-refractivity contribution in [2.75, 3.05) is 26.8 Å². The number of benzene rings is 1. The van der Waals surface area contributed by atoms with Gasteiger partial charge in [0.15, 0.2) is 23.9 Å². The molecule has 0 unspecified atom stereocenters. The Hall–Kier alpha value is -2.98. The van der Waals surface area contributed by atoms with E-state index in [1.807, 2.05) is 31.2 Å². The monoisotopic (exact) mass is 443 g/mol. The van der Waals surface area contributed by atoms with E-state index in [-0.39, 0.29) is 6.61 Å². The third-order valence-corrected chi connectivity index (χ3v) is 6.10. The molecule has 1 amide bonds. The number of aromatic nitrogens is 3. The number of piperidine rings is 1. The Morgan fingerprint density at radius 2 is 2.10 bits per heavy atom. The summed E-state index contributed by atoms with van der Waals surface area (Å²) in [4.78, 5) is 14.3. The lowest BCUT2D eigenvalue weighted by molar-refractivity contribution is -0.119. The predicted molar refractivity (Wildman–Crippen MR) is 115 cm³/mol. The molecule has 0 saturated carbocycles. The van der Waals surface area contributed by atoms with Gasteiger partial charge in [-0.15, -0.1) is 5.10 Å². The van der Waals surface area contributed by atoms with Crippen molar-refractivity contribution in [3.05, 3.63) is 41.2 Å². The van der Waals surface area contributed by atoms with Crippen molar-refractivity contribution in [2.45, 2.75) is 32.2 Å². The number of primary amides is 1. The van der Waals surface area contributed by atoms with Gasteiger partial charge in [0.1, 0.15) is 4.88 Å². The Labute approximate surface area is 184 Å². The lowest BCUT2D eigenvalue weighted by atomic mass is 9.92. The van der Waals surface area contributed by atoms with Gasteiger partial charge in [-0.3, -0.25) is 9.69 Å². The molecule has 1 fully saturated rings. The molecule has 3 heterocycles. The van der Waals surface area contributed by atoms with Crippen LogP contribution in [-0.4, -0.2) is 52.4 Å². The number of carbonyl (C=O) groups excluding carboxylic acids is 1. The van der Waals surface area contributed by atoms with Gasteiger partial charge in [-0.25, -0.2) is 0 Å². The Morgan fingerprint density at radius 1 is 1.29 bits per heavy atom. The van der Waals surface area contributed by atoms with E-state index < -0.39 is 5.91 Å². The number of nitrogens with two attached hydrogens (primary N) is 1. The fourth-order valence-corrected chi connectivity index (χ4v) is 4.51. The largest absolute Gasteiger partial charge is 0.493 e. The molecule has 31 heavy (non-hydrogen) atoms. The van der Waals surface area contributed by atoms with E-state index in [1.54, 1.807) is 7.11 Å². The van der Waals surface area contributed by atoms with Crippen LogP contribution in [0.1, 0.15) is 35.7 Å². The summed E-state index contributed by atoms with van der Waals surface area (Å²) in [5.41, 5.74) is 8.13. The van der Waals surface area contributed by atoms with E-state index in [0.29, 0.717) is 17.4 Å². The molecule has 1 saturated heterocycles. The SMILES string of the molecule is COc1cc(CN2CCC(c3nnsc3-c3cc(C)no3)CC2)ccc1OCC(N)=O. The highest BCUT2D eigenvalue weighted by molar-refractivity contribution is 7.09. The minimum Gasteiger partial charge on any atom is -0.493 e. The summed E-state index contributed by atoms with van der Waals surface area (Å²) in [7, 11) is 1.58. The summed E-state index contributed by atoms with van der Waals surface area (Å²) >= 11 is 1.36. The third kappa shape index (κ3) is 5.02. The van der Waals surface area contributed by atoms with E-state index in [9.17, 15) is 4.79 Å². The van der Waals surface area contributed by atoms with E-state index >= 15 is 0 Å². The lowest BCUT2D eigenvalue weighted by Gasteiger charge is -2.31. The number of hydrogen-bond donors (Lipinski definition) is 1. The number of likely N-dealkylation sites (tertiary alicyclic amines) is 1. The number of rotatable bonds is 8. The molecule has 9 nitrogen and oxygen atoms in total. The zero-order chi connectivity index (χ0) is 21.8. The first-order chi connectivity index (χ1) is 15.0. The van der Waals surface area contributed by atoms with Crippen LogP contribution >= 0.6 is 11.5 Å². The second-order valence-electron chi connectivity index (χ2n) is 7.61. The first-order valence-electron chi connectivity index (χ1n) is 10.1. The molecule has 164 valence electrons. The maximum Gasteiger partial charge on any atom is 0.255 e. The quantitative estimate of drug-likeness (QED) is 0.565. The highest BCUT2D eigenvalue weighted by Crippen LogP contribution is 2.37. The summed E-state index contributed by atoms with van der Waals surface area (Å²) in [6.07, 6.45) is 2.00. The summed E-state index contributed by atoms with van der Waals surface area (Å²) in [5.74, 6) is 1.68.